The minimum absolute atomic E-state index is 0.118. The molecule has 0 heterocycles. The molecule has 0 aromatic rings. The molecule has 0 spiro atoms. The molecule has 0 amide bonds. The molecule has 1 aliphatic rings. The van der Waals surface area contributed by atoms with Gasteiger partial charge < -0.3 is 5.32 Å². The highest BCUT2D eigenvalue weighted by Gasteiger charge is 2.38. The van der Waals surface area contributed by atoms with Crippen molar-refractivity contribution in [1.82, 2.24) is 10.0 Å². The summed E-state index contributed by atoms with van der Waals surface area (Å²) >= 11 is 0. The van der Waals surface area contributed by atoms with Gasteiger partial charge in [0.2, 0.25) is 10.0 Å². The van der Waals surface area contributed by atoms with Crippen LogP contribution < -0.4 is 10.0 Å². The minimum atomic E-state index is -3.09. The Hall–Kier alpha value is -0.130. The smallest absolute Gasteiger partial charge is 0.213 e. The van der Waals surface area contributed by atoms with Gasteiger partial charge in [-0.1, -0.05) is 6.92 Å². The molecule has 0 atom stereocenters. The van der Waals surface area contributed by atoms with Crippen molar-refractivity contribution in [2.75, 3.05) is 19.3 Å². The topological polar surface area (TPSA) is 58.2 Å². The Bertz CT molecular complexity index is 265. The normalized spacial score (nSPS) is 20.4. The molecule has 1 rings (SSSR count). The van der Waals surface area contributed by atoms with E-state index in [0.717, 1.165) is 25.7 Å². The summed E-state index contributed by atoms with van der Waals surface area (Å²) in [4.78, 5) is 0. The molecule has 1 saturated carbocycles. The first-order valence-electron chi connectivity index (χ1n) is 5.20. The molecule has 5 heteroatoms. The lowest BCUT2D eigenvalue weighted by molar-refractivity contribution is 0.214. The van der Waals surface area contributed by atoms with Crippen LogP contribution >= 0.6 is 0 Å². The molecule has 84 valence electrons. The number of hydrogen-bond donors (Lipinski definition) is 2. The van der Waals surface area contributed by atoms with Gasteiger partial charge in [0.15, 0.2) is 0 Å². The van der Waals surface area contributed by atoms with E-state index in [9.17, 15) is 8.42 Å². The quantitative estimate of drug-likeness (QED) is 0.683. The third kappa shape index (κ3) is 2.93. The van der Waals surface area contributed by atoms with E-state index in [0.29, 0.717) is 6.54 Å². The molecule has 0 aromatic heterocycles. The molecule has 4 nitrogen and oxygen atoms in total. The number of sulfonamides is 1. The van der Waals surface area contributed by atoms with Crippen LogP contribution in [0.5, 0.6) is 0 Å². The van der Waals surface area contributed by atoms with E-state index >= 15 is 0 Å². The molecular formula is C9H20N2O2S. The first-order chi connectivity index (χ1) is 6.54. The maximum Gasteiger partial charge on any atom is 0.213 e. The Kier molecular flexibility index (Phi) is 3.92. The predicted octanol–water partition coefficient (Wildman–Crippen LogP) is 0.458. The van der Waals surface area contributed by atoms with E-state index in [-0.39, 0.29) is 11.3 Å². The Labute approximate surface area is 86.5 Å². The first-order valence-corrected chi connectivity index (χ1v) is 6.85. The number of hydrogen-bond acceptors (Lipinski definition) is 3. The molecule has 0 saturated heterocycles. The van der Waals surface area contributed by atoms with E-state index in [2.05, 4.69) is 10.0 Å². The fourth-order valence-electron chi connectivity index (χ4n) is 1.75. The van der Waals surface area contributed by atoms with Crippen molar-refractivity contribution in [3.8, 4) is 0 Å². The number of rotatable bonds is 6. The van der Waals surface area contributed by atoms with Gasteiger partial charge in [0.1, 0.15) is 0 Å². The Morgan fingerprint density at radius 3 is 2.36 bits per heavy atom. The Morgan fingerprint density at radius 1 is 1.36 bits per heavy atom. The summed E-state index contributed by atoms with van der Waals surface area (Å²) in [6, 6.07) is 0. The van der Waals surface area contributed by atoms with Crippen molar-refractivity contribution in [1.29, 1.82) is 0 Å². The van der Waals surface area contributed by atoms with E-state index in [1.54, 1.807) is 7.05 Å². The summed E-state index contributed by atoms with van der Waals surface area (Å²) in [5, 5.41) is 2.84. The largest absolute Gasteiger partial charge is 0.319 e. The highest BCUT2D eigenvalue weighted by atomic mass is 32.2. The summed E-state index contributed by atoms with van der Waals surface area (Å²) < 4.78 is 26.0. The number of nitrogens with one attached hydrogen (secondary N) is 2. The molecule has 0 aliphatic heterocycles. The van der Waals surface area contributed by atoms with Crippen LogP contribution in [0.4, 0.5) is 0 Å². The minimum Gasteiger partial charge on any atom is -0.319 e. The monoisotopic (exact) mass is 220 g/mol. The summed E-state index contributed by atoms with van der Waals surface area (Å²) in [6.45, 7) is 2.55. The van der Waals surface area contributed by atoms with Crippen LogP contribution in [-0.4, -0.2) is 33.3 Å². The van der Waals surface area contributed by atoms with Gasteiger partial charge in [-0.2, -0.15) is 0 Å². The van der Waals surface area contributed by atoms with Gasteiger partial charge >= 0.3 is 0 Å². The third-order valence-corrected chi connectivity index (χ3v) is 4.47. The molecule has 1 aliphatic carbocycles. The molecule has 2 N–H and O–H groups in total. The summed E-state index contributed by atoms with van der Waals surface area (Å²) in [5.74, 6) is 0.172. The summed E-state index contributed by atoms with van der Waals surface area (Å²) in [7, 11) is -1.33. The second-order valence-electron chi connectivity index (χ2n) is 4.01. The van der Waals surface area contributed by atoms with Crippen LogP contribution in [0.15, 0.2) is 0 Å². The van der Waals surface area contributed by atoms with Crippen molar-refractivity contribution in [2.24, 2.45) is 0 Å². The van der Waals surface area contributed by atoms with Gasteiger partial charge in [0, 0.05) is 12.1 Å². The van der Waals surface area contributed by atoms with Crippen molar-refractivity contribution < 1.29 is 8.42 Å². The van der Waals surface area contributed by atoms with E-state index in [1.807, 2.05) is 6.92 Å². The fraction of sp³-hybridized carbons (Fsp3) is 1.00. The zero-order valence-corrected chi connectivity index (χ0v) is 9.78. The molecule has 0 radical (unpaired) electrons. The van der Waals surface area contributed by atoms with Gasteiger partial charge in [-0.15, -0.1) is 0 Å². The van der Waals surface area contributed by atoms with E-state index in [4.69, 9.17) is 0 Å². The molecule has 0 aromatic carbocycles. The second kappa shape index (κ2) is 4.59. The molecule has 0 bridgehead atoms. The lowest BCUT2D eigenvalue weighted by Gasteiger charge is -2.41. The average Bonchev–Trinajstić information content (AvgIpc) is 2.08. The lowest BCUT2D eigenvalue weighted by Crippen LogP contribution is -2.53. The maximum atomic E-state index is 11.6. The first kappa shape index (κ1) is 11.9. The maximum absolute atomic E-state index is 11.6. The Balaban J connectivity index is 2.49. The van der Waals surface area contributed by atoms with Gasteiger partial charge in [-0.25, -0.2) is 13.1 Å². The van der Waals surface area contributed by atoms with Crippen molar-refractivity contribution >= 4 is 10.0 Å². The zero-order valence-electron chi connectivity index (χ0n) is 8.97. The van der Waals surface area contributed by atoms with Crippen LogP contribution in [0.3, 0.4) is 0 Å². The second-order valence-corrected chi connectivity index (χ2v) is 5.85. The highest BCUT2D eigenvalue weighted by molar-refractivity contribution is 7.89. The molecule has 0 unspecified atom stereocenters. The third-order valence-electron chi connectivity index (χ3n) is 2.98. The van der Waals surface area contributed by atoms with Gasteiger partial charge in [0.05, 0.1) is 5.75 Å². The fourth-order valence-corrected chi connectivity index (χ4v) is 3.33. The summed E-state index contributed by atoms with van der Waals surface area (Å²) in [5.41, 5.74) is -0.118. The molecule has 14 heavy (non-hydrogen) atoms. The van der Waals surface area contributed by atoms with Crippen molar-refractivity contribution in [3.05, 3.63) is 0 Å². The highest BCUT2D eigenvalue weighted by Crippen LogP contribution is 2.35. The lowest BCUT2D eigenvalue weighted by atomic mass is 9.76. The van der Waals surface area contributed by atoms with Gasteiger partial charge in [0.25, 0.3) is 0 Å². The van der Waals surface area contributed by atoms with Crippen LogP contribution in [-0.2, 0) is 10.0 Å². The molecule has 1 fully saturated rings. The predicted molar refractivity (Wildman–Crippen MR) is 57.7 cm³/mol. The van der Waals surface area contributed by atoms with Crippen LogP contribution in [0.1, 0.15) is 32.6 Å². The van der Waals surface area contributed by atoms with Crippen LogP contribution in [0.2, 0.25) is 0 Å². The SMILES string of the molecule is CCC1(NS(=O)(=O)CCNC)CCC1. The van der Waals surface area contributed by atoms with Crippen molar-refractivity contribution in [2.45, 2.75) is 38.1 Å². The van der Waals surface area contributed by atoms with E-state index < -0.39 is 10.0 Å². The van der Waals surface area contributed by atoms with Crippen LogP contribution in [0.25, 0.3) is 0 Å². The summed E-state index contributed by atoms with van der Waals surface area (Å²) in [6.07, 6.45) is 4.01. The van der Waals surface area contributed by atoms with Gasteiger partial charge in [-0.3, -0.25) is 0 Å². The standard InChI is InChI=1S/C9H20N2O2S/c1-3-9(5-4-6-9)11-14(12,13)8-7-10-2/h10-11H,3-8H2,1-2H3. The van der Waals surface area contributed by atoms with E-state index in [1.165, 1.54) is 0 Å². The van der Waals surface area contributed by atoms with Crippen LogP contribution in [0, 0.1) is 0 Å². The van der Waals surface area contributed by atoms with Crippen molar-refractivity contribution in [3.63, 3.8) is 0 Å². The average molecular weight is 220 g/mol. The Morgan fingerprint density at radius 2 is 2.00 bits per heavy atom. The zero-order chi connectivity index (χ0) is 10.7. The molecular weight excluding hydrogens is 200 g/mol. The van der Waals surface area contributed by atoms with Gasteiger partial charge in [-0.05, 0) is 32.7 Å².